The molecule has 15 heavy (non-hydrogen) atoms. The zero-order valence-corrected chi connectivity index (χ0v) is 10.0. The van der Waals surface area contributed by atoms with Gasteiger partial charge < -0.3 is 4.52 Å². The molecule has 0 aliphatic carbocycles. The van der Waals surface area contributed by atoms with Crippen LogP contribution in [-0.2, 0) is 16.6 Å². The van der Waals surface area contributed by atoms with Crippen LogP contribution in [0.5, 0.6) is 0 Å². The third-order valence-electron chi connectivity index (χ3n) is 2.12. The number of rotatable bonds is 5. The van der Waals surface area contributed by atoms with Crippen LogP contribution in [0, 0.1) is 13.8 Å². The van der Waals surface area contributed by atoms with Crippen molar-refractivity contribution in [2.75, 3.05) is 5.75 Å². The highest BCUT2D eigenvalue weighted by Gasteiger charge is 2.13. The predicted molar refractivity (Wildman–Crippen MR) is 56.9 cm³/mol. The van der Waals surface area contributed by atoms with Crippen LogP contribution in [0.25, 0.3) is 0 Å². The van der Waals surface area contributed by atoms with E-state index in [0.717, 1.165) is 11.3 Å². The summed E-state index contributed by atoms with van der Waals surface area (Å²) >= 11 is 0. The smallest absolute Gasteiger partial charge is 0.211 e. The summed E-state index contributed by atoms with van der Waals surface area (Å²) in [5, 5.41) is 3.75. The Morgan fingerprint density at radius 3 is 2.53 bits per heavy atom. The van der Waals surface area contributed by atoms with Gasteiger partial charge in [0, 0.05) is 12.1 Å². The lowest BCUT2D eigenvalue weighted by atomic mass is 10.2. The van der Waals surface area contributed by atoms with Crippen molar-refractivity contribution < 1.29 is 12.9 Å². The van der Waals surface area contributed by atoms with Crippen molar-refractivity contribution in [1.29, 1.82) is 0 Å². The van der Waals surface area contributed by atoms with Crippen LogP contribution in [0.3, 0.4) is 0 Å². The zero-order chi connectivity index (χ0) is 11.5. The second kappa shape index (κ2) is 4.76. The van der Waals surface area contributed by atoms with Crippen LogP contribution in [0.15, 0.2) is 4.52 Å². The maximum absolute atomic E-state index is 11.4. The van der Waals surface area contributed by atoms with Crippen molar-refractivity contribution in [3.8, 4) is 0 Å². The monoisotopic (exact) mass is 232 g/mol. The van der Waals surface area contributed by atoms with Gasteiger partial charge in [-0.3, -0.25) is 0 Å². The third kappa shape index (κ3) is 3.32. The Hall–Kier alpha value is -0.880. The molecule has 86 valence electrons. The van der Waals surface area contributed by atoms with Crippen LogP contribution in [0.4, 0.5) is 0 Å². The number of nitrogens with one attached hydrogen (secondary N) is 1. The Bertz CT molecular complexity index is 403. The Kier molecular flexibility index (Phi) is 3.87. The van der Waals surface area contributed by atoms with Crippen LogP contribution >= 0.6 is 0 Å². The van der Waals surface area contributed by atoms with E-state index in [0.29, 0.717) is 12.2 Å². The number of aryl methyl sites for hydroxylation is 2. The summed E-state index contributed by atoms with van der Waals surface area (Å²) in [4.78, 5) is 0. The largest absolute Gasteiger partial charge is 0.361 e. The van der Waals surface area contributed by atoms with Crippen molar-refractivity contribution in [3.63, 3.8) is 0 Å². The number of nitrogens with zero attached hydrogens (tertiary/aromatic N) is 1. The van der Waals surface area contributed by atoms with Crippen molar-refractivity contribution in [2.24, 2.45) is 0 Å². The highest BCUT2D eigenvalue weighted by atomic mass is 32.2. The molecule has 0 unspecified atom stereocenters. The van der Waals surface area contributed by atoms with Gasteiger partial charge in [0.1, 0.15) is 5.76 Å². The van der Waals surface area contributed by atoms with Crippen LogP contribution in [0.2, 0.25) is 0 Å². The van der Waals surface area contributed by atoms with E-state index in [4.69, 9.17) is 4.52 Å². The third-order valence-corrected chi connectivity index (χ3v) is 3.65. The van der Waals surface area contributed by atoms with Gasteiger partial charge in [0.2, 0.25) is 10.0 Å². The van der Waals surface area contributed by atoms with E-state index in [2.05, 4.69) is 9.88 Å². The van der Waals surface area contributed by atoms with Crippen LogP contribution < -0.4 is 4.72 Å². The second-order valence-corrected chi connectivity index (χ2v) is 5.37. The highest BCUT2D eigenvalue weighted by molar-refractivity contribution is 7.89. The van der Waals surface area contributed by atoms with Gasteiger partial charge in [0.25, 0.3) is 0 Å². The fraction of sp³-hybridized carbons (Fsp3) is 0.667. The van der Waals surface area contributed by atoms with Crippen molar-refractivity contribution in [1.82, 2.24) is 9.88 Å². The summed E-state index contributed by atoms with van der Waals surface area (Å²) in [5.41, 5.74) is 1.54. The first-order valence-corrected chi connectivity index (χ1v) is 6.50. The first kappa shape index (κ1) is 12.2. The summed E-state index contributed by atoms with van der Waals surface area (Å²) in [6.45, 7) is 5.64. The fourth-order valence-electron chi connectivity index (χ4n) is 1.28. The molecule has 0 amide bonds. The first-order chi connectivity index (χ1) is 6.96. The molecule has 0 saturated heterocycles. The van der Waals surface area contributed by atoms with Gasteiger partial charge in [-0.25, -0.2) is 13.1 Å². The van der Waals surface area contributed by atoms with Crippen LogP contribution in [0.1, 0.15) is 30.4 Å². The van der Waals surface area contributed by atoms with E-state index in [-0.39, 0.29) is 12.3 Å². The highest BCUT2D eigenvalue weighted by Crippen LogP contribution is 2.11. The minimum absolute atomic E-state index is 0.149. The van der Waals surface area contributed by atoms with Gasteiger partial charge in [-0.05, 0) is 20.3 Å². The van der Waals surface area contributed by atoms with E-state index in [1.807, 2.05) is 6.92 Å². The first-order valence-electron chi connectivity index (χ1n) is 4.85. The van der Waals surface area contributed by atoms with Crippen LogP contribution in [-0.4, -0.2) is 19.3 Å². The Morgan fingerprint density at radius 1 is 1.40 bits per heavy atom. The normalized spacial score (nSPS) is 11.9. The molecule has 0 fully saturated rings. The van der Waals surface area contributed by atoms with Crippen molar-refractivity contribution in [3.05, 3.63) is 17.0 Å². The molecule has 0 bridgehead atoms. The SMILES string of the molecule is CCCS(=O)(=O)NCc1c(C)noc1C. The second-order valence-electron chi connectivity index (χ2n) is 3.44. The number of hydrogen-bond acceptors (Lipinski definition) is 4. The summed E-state index contributed by atoms with van der Waals surface area (Å²) in [5.74, 6) is 0.808. The van der Waals surface area contributed by atoms with Gasteiger partial charge in [0.15, 0.2) is 0 Å². The van der Waals surface area contributed by atoms with E-state index in [1.165, 1.54) is 0 Å². The number of aromatic nitrogens is 1. The van der Waals surface area contributed by atoms with Crippen molar-refractivity contribution >= 4 is 10.0 Å². The average molecular weight is 232 g/mol. The molecule has 0 aromatic carbocycles. The quantitative estimate of drug-likeness (QED) is 0.825. The molecule has 1 N–H and O–H groups in total. The maximum Gasteiger partial charge on any atom is 0.211 e. The number of sulfonamides is 1. The summed E-state index contributed by atoms with van der Waals surface area (Å²) in [6.07, 6.45) is 0.608. The molecule has 0 saturated carbocycles. The molecule has 0 aliphatic rings. The molecule has 0 radical (unpaired) electrons. The fourth-order valence-corrected chi connectivity index (χ4v) is 2.32. The van der Waals surface area contributed by atoms with Gasteiger partial charge >= 0.3 is 0 Å². The molecular formula is C9H16N2O3S. The molecule has 1 aromatic heterocycles. The molecule has 0 aliphatic heterocycles. The minimum Gasteiger partial charge on any atom is -0.361 e. The van der Waals surface area contributed by atoms with E-state index in [1.54, 1.807) is 13.8 Å². The minimum atomic E-state index is -3.16. The summed E-state index contributed by atoms with van der Waals surface area (Å²) < 4.78 is 30.2. The van der Waals surface area contributed by atoms with E-state index >= 15 is 0 Å². The summed E-state index contributed by atoms with van der Waals surface area (Å²) in [6, 6.07) is 0. The molecule has 6 heteroatoms. The van der Waals surface area contributed by atoms with Gasteiger partial charge in [0.05, 0.1) is 11.4 Å². The standard InChI is InChI=1S/C9H16N2O3S/c1-4-5-15(12,13)10-6-9-7(2)11-14-8(9)3/h10H,4-6H2,1-3H3. The Balaban J connectivity index is 2.65. The van der Waals surface area contributed by atoms with Gasteiger partial charge in [-0.15, -0.1) is 0 Å². The lowest BCUT2D eigenvalue weighted by Crippen LogP contribution is -2.26. The van der Waals surface area contributed by atoms with E-state index < -0.39 is 10.0 Å². The molecule has 5 nitrogen and oxygen atoms in total. The summed E-state index contributed by atoms with van der Waals surface area (Å²) in [7, 11) is -3.16. The van der Waals surface area contributed by atoms with Gasteiger partial charge in [-0.2, -0.15) is 0 Å². The maximum atomic E-state index is 11.4. The van der Waals surface area contributed by atoms with E-state index in [9.17, 15) is 8.42 Å². The molecule has 1 rings (SSSR count). The molecule has 1 aromatic rings. The Morgan fingerprint density at radius 2 is 2.07 bits per heavy atom. The molecule has 0 spiro atoms. The molecular weight excluding hydrogens is 216 g/mol. The lowest BCUT2D eigenvalue weighted by molar-refractivity contribution is 0.392. The molecule has 0 atom stereocenters. The predicted octanol–water partition coefficient (Wildman–Crippen LogP) is 1.12. The zero-order valence-electron chi connectivity index (χ0n) is 9.20. The topological polar surface area (TPSA) is 72.2 Å². The van der Waals surface area contributed by atoms with Gasteiger partial charge in [-0.1, -0.05) is 12.1 Å². The molecule has 1 heterocycles. The number of hydrogen-bond donors (Lipinski definition) is 1. The average Bonchev–Trinajstić information content (AvgIpc) is 2.44. The van der Waals surface area contributed by atoms with Crippen molar-refractivity contribution in [2.45, 2.75) is 33.7 Å². The Labute approximate surface area is 89.9 Å². The lowest BCUT2D eigenvalue weighted by Gasteiger charge is -2.04.